The van der Waals surface area contributed by atoms with E-state index < -0.39 is 0 Å². The van der Waals surface area contributed by atoms with Gasteiger partial charge in [-0.15, -0.1) is 0 Å². The molecule has 1 aliphatic heterocycles. The number of methoxy groups -OCH3 is 1. The van der Waals surface area contributed by atoms with Crippen molar-refractivity contribution in [3.05, 3.63) is 35.1 Å². The molecule has 3 nitrogen and oxygen atoms in total. The topological polar surface area (TPSA) is 29.5 Å². The normalized spacial score (nSPS) is 18.6. The van der Waals surface area contributed by atoms with Crippen molar-refractivity contribution in [1.29, 1.82) is 0 Å². The number of carbonyl (C=O) groups is 1. The summed E-state index contributed by atoms with van der Waals surface area (Å²) in [5.74, 6) is -0.318. The number of nitrogens with zero attached hydrogens (tertiary/aromatic N) is 1. The molecule has 1 heterocycles. The summed E-state index contributed by atoms with van der Waals surface area (Å²) >= 11 is 0. The zero-order valence-corrected chi connectivity index (χ0v) is 12.8. The minimum atomic E-state index is -0.383. The van der Waals surface area contributed by atoms with Crippen LogP contribution in [-0.2, 0) is 9.53 Å². The van der Waals surface area contributed by atoms with Gasteiger partial charge in [-0.3, -0.25) is 0 Å². The van der Waals surface area contributed by atoms with Crippen molar-refractivity contribution in [3.63, 3.8) is 0 Å². The van der Waals surface area contributed by atoms with Gasteiger partial charge < -0.3 is 14.4 Å². The Morgan fingerprint density at radius 1 is 1.43 bits per heavy atom. The molecule has 0 saturated carbocycles. The Balaban J connectivity index is 2.05. The number of ether oxygens (including phenoxy) is 1. The van der Waals surface area contributed by atoms with E-state index in [-0.39, 0.29) is 17.7 Å². The average molecular weight is 293 g/mol. The van der Waals surface area contributed by atoms with Crippen LogP contribution in [0.5, 0.6) is 0 Å². The number of likely N-dealkylation sites (tertiary alicyclic amines) is 1. The van der Waals surface area contributed by atoms with Gasteiger partial charge in [-0.25, -0.2) is 4.39 Å². The standard InChI is InChI=1S/C17H24FNO2/c1-13(12-20)15-4-3-5-16(17(15)18)14-6-8-19(9-7-14)10-11-21-2/h3-5,12-14H,6-11H2,1-2H3. The third kappa shape index (κ3) is 3.89. The van der Waals surface area contributed by atoms with Crippen molar-refractivity contribution in [3.8, 4) is 0 Å². The molecular formula is C17H24FNO2. The lowest BCUT2D eigenvalue weighted by atomic mass is 9.86. The van der Waals surface area contributed by atoms with E-state index in [0.717, 1.165) is 50.9 Å². The third-order valence-corrected chi connectivity index (χ3v) is 4.39. The Morgan fingerprint density at radius 2 is 2.14 bits per heavy atom. The van der Waals surface area contributed by atoms with Gasteiger partial charge in [0.15, 0.2) is 0 Å². The Morgan fingerprint density at radius 3 is 2.76 bits per heavy atom. The number of halogens is 1. The molecular weight excluding hydrogens is 269 g/mol. The number of rotatable bonds is 6. The number of benzene rings is 1. The fraction of sp³-hybridized carbons (Fsp3) is 0.588. The fourth-order valence-electron chi connectivity index (χ4n) is 3.00. The van der Waals surface area contributed by atoms with E-state index in [4.69, 9.17) is 4.74 Å². The first-order chi connectivity index (χ1) is 10.2. The van der Waals surface area contributed by atoms with Crippen molar-refractivity contribution < 1.29 is 13.9 Å². The van der Waals surface area contributed by atoms with E-state index in [1.54, 1.807) is 20.1 Å². The highest BCUT2D eigenvalue weighted by atomic mass is 19.1. The van der Waals surface area contributed by atoms with Gasteiger partial charge in [0.05, 0.1) is 6.61 Å². The van der Waals surface area contributed by atoms with Crippen LogP contribution in [0.15, 0.2) is 18.2 Å². The van der Waals surface area contributed by atoms with Gasteiger partial charge in [-0.05, 0) is 43.0 Å². The second-order valence-corrected chi connectivity index (χ2v) is 5.78. The van der Waals surface area contributed by atoms with Crippen LogP contribution in [0.4, 0.5) is 4.39 Å². The molecule has 1 aromatic carbocycles. The first-order valence-corrected chi connectivity index (χ1v) is 7.62. The van der Waals surface area contributed by atoms with Crippen LogP contribution in [0.1, 0.15) is 42.7 Å². The van der Waals surface area contributed by atoms with Gasteiger partial charge >= 0.3 is 0 Å². The van der Waals surface area contributed by atoms with Crippen LogP contribution in [0.3, 0.4) is 0 Å². The third-order valence-electron chi connectivity index (χ3n) is 4.39. The number of aldehydes is 1. The number of hydrogen-bond donors (Lipinski definition) is 0. The predicted octanol–water partition coefficient (Wildman–Crippen LogP) is 2.95. The Kier molecular flexibility index (Phi) is 5.88. The molecule has 0 radical (unpaired) electrons. The highest BCUT2D eigenvalue weighted by Crippen LogP contribution is 2.32. The maximum Gasteiger partial charge on any atom is 0.130 e. The van der Waals surface area contributed by atoms with Crippen molar-refractivity contribution in [1.82, 2.24) is 4.90 Å². The van der Waals surface area contributed by atoms with E-state index in [2.05, 4.69) is 4.90 Å². The van der Waals surface area contributed by atoms with E-state index >= 15 is 0 Å². The van der Waals surface area contributed by atoms with Crippen LogP contribution >= 0.6 is 0 Å². The fourth-order valence-corrected chi connectivity index (χ4v) is 3.00. The summed E-state index contributed by atoms with van der Waals surface area (Å²) in [5, 5.41) is 0. The van der Waals surface area contributed by atoms with Gasteiger partial charge in [0, 0.05) is 19.6 Å². The maximum absolute atomic E-state index is 14.6. The molecule has 1 aromatic rings. The molecule has 0 spiro atoms. The van der Waals surface area contributed by atoms with Crippen molar-refractivity contribution >= 4 is 6.29 Å². The molecule has 0 aliphatic carbocycles. The molecule has 1 saturated heterocycles. The molecule has 116 valence electrons. The van der Waals surface area contributed by atoms with Gasteiger partial charge in [0.2, 0.25) is 0 Å². The molecule has 0 N–H and O–H groups in total. The molecule has 0 amide bonds. The van der Waals surface area contributed by atoms with E-state index in [0.29, 0.717) is 5.56 Å². The molecule has 21 heavy (non-hydrogen) atoms. The lowest BCUT2D eigenvalue weighted by Crippen LogP contribution is -2.35. The van der Waals surface area contributed by atoms with Gasteiger partial charge in [-0.1, -0.05) is 25.1 Å². The quantitative estimate of drug-likeness (QED) is 0.755. The van der Waals surface area contributed by atoms with Crippen LogP contribution in [-0.4, -0.2) is 44.5 Å². The molecule has 2 rings (SSSR count). The first kappa shape index (κ1) is 16.1. The van der Waals surface area contributed by atoms with Gasteiger partial charge in [0.1, 0.15) is 12.1 Å². The van der Waals surface area contributed by atoms with Crippen LogP contribution in [0, 0.1) is 5.82 Å². The molecule has 1 fully saturated rings. The largest absolute Gasteiger partial charge is 0.383 e. The van der Waals surface area contributed by atoms with E-state index in [9.17, 15) is 9.18 Å². The maximum atomic E-state index is 14.6. The summed E-state index contributed by atoms with van der Waals surface area (Å²) in [6.07, 6.45) is 2.72. The molecule has 1 atom stereocenters. The average Bonchev–Trinajstić information content (AvgIpc) is 2.53. The molecule has 4 heteroatoms. The molecule has 1 unspecified atom stereocenters. The first-order valence-electron chi connectivity index (χ1n) is 7.62. The van der Waals surface area contributed by atoms with Crippen LogP contribution in [0.2, 0.25) is 0 Å². The summed E-state index contributed by atoms with van der Waals surface area (Å²) in [4.78, 5) is 13.3. The van der Waals surface area contributed by atoms with Crippen LogP contribution in [0.25, 0.3) is 0 Å². The van der Waals surface area contributed by atoms with E-state index in [1.165, 1.54) is 0 Å². The Bertz CT molecular complexity index is 470. The summed E-state index contributed by atoms with van der Waals surface area (Å²) in [6.45, 7) is 5.36. The van der Waals surface area contributed by atoms with Crippen molar-refractivity contribution in [2.75, 3.05) is 33.4 Å². The molecule has 0 bridgehead atoms. The zero-order valence-electron chi connectivity index (χ0n) is 12.8. The monoisotopic (exact) mass is 293 g/mol. The lowest BCUT2D eigenvalue weighted by Gasteiger charge is -2.32. The Labute approximate surface area is 126 Å². The molecule has 1 aliphatic rings. The highest BCUT2D eigenvalue weighted by molar-refractivity contribution is 5.61. The second kappa shape index (κ2) is 7.66. The zero-order chi connectivity index (χ0) is 15.2. The van der Waals surface area contributed by atoms with Gasteiger partial charge in [-0.2, -0.15) is 0 Å². The summed E-state index contributed by atoms with van der Waals surface area (Å²) in [7, 11) is 1.71. The minimum Gasteiger partial charge on any atom is -0.383 e. The number of piperidine rings is 1. The van der Waals surface area contributed by atoms with Crippen LogP contribution < -0.4 is 0 Å². The van der Waals surface area contributed by atoms with E-state index in [1.807, 2.05) is 12.1 Å². The number of carbonyl (C=O) groups excluding carboxylic acids is 1. The summed E-state index contributed by atoms with van der Waals surface area (Å²) < 4.78 is 19.7. The summed E-state index contributed by atoms with van der Waals surface area (Å²) in [5.41, 5.74) is 1.29. The van der Waals surface area contributed by atoms with Crippen molar-refractivity contribution in [2.24, 2.45) is 0 Å². The SMILES string of the molecule is COCCN1CCC(c2cccc(C(C)C=O)c2F)CC1. The second-order valence-electron chi connectivity index (χ2n) is 5.78. The van der Waals surface area contributed by atoms with Crippen molar-refractivity contribution in [2.45, 2.75) is 31.6 Å². The minimum absolute atomic E-state index is 0.188. The predicted molar refractivity (Wildman–Crippen MR) is 81.2 cm³/mol. The smallest absolute Gasteiger partial charge is 0.130 e. The summed E-state index contributed by atoms with van der Waals surface area (Å²) in [6, 6.07) is 5.45. The van der Waals surface area contributed by atoms with Gasteiger partial charge in [0.25, 0.3) is 0 Å². The Hall–Kier alpha value is -1.26. The molecule has 0 aromatic heterocycles. The highest BCUT2D eigenvalue weighted by Gasteiger charge is 2.24. The number of hydrogen-bond acceptors (Lipinski definition) is 3. The lowest BCUT2D eigenvalue weighted by molar-refractivity contribution is -0.108.